The molecule has 0 saturated heterocycles. The number of anilines is 2. The molecule has 4 aromatic rings. The Hall–Kier alpha value is -4.62. The summed E-state index contributed by atoms with van der Waals surface area (Å²) < 4.78 is 40.5. The van der Waals surface area contributed by atoms with Crippen LogP contribution in [0.3, 0.4) is 0 Å². The van der Waals surface area contributed by atoms with Gasteiger partial charge in [0.1, 0.15) is 17.5 Å². The number of urea groups is 1. The van der Waals surface area contributed by atoms with Crippen molar-refractivity contribution in [3.63, 3.8) is 0 Å². The van der Waals surface area contributed by atoms with Crippen molar-refractivity contribution >= 4 is 44.1 Å². The van der Waals surface area contributed by atoms with E-state index in [-0.39, 0.29) is 66.0 Å². The first-order valence-electron chi connectivity index (χ1n) is 15.0. The number of hydrogen-bond donors (Lipinski definition) is 3. The van der Waals surface area contributed by atoms with Crippen LogP contribution in [-0.4, -0.2) is 79.3 Å². The normalized spacial score (nSPS) is 17.7. The van der Waals surface area contributed by atoms with E-state index < -0.39 is 22.2 Å². The number of ether oxygens (including phenoxy) is 1. The Kier molecular flexibility index (Phi) is 9.54. The highest BCUT2D eigenvalue weighted by atomic mass is 32.2. The molecule has 13 heteroatoms. The number of fused-ring (bicyclic) bond motifs is 2. The van der Waals surface area contributed by atoms with Crippen molar-refractivity contribution in [1.29, 1.82) is 0 Å². The second-order valence-electron chi connectivity index (χ2n) is 11.8. The molecule has 0 radical (unpaired) electrons. The first kappa shape index (κ1) is 32.8. The van der Waals surface area contributed by atoms with Crippen molar-refractivity contribution in [3.05, 3.63) is 77.7 Å². The SMILES string of the molecule is Cc1noc(C)c1S(=O)(=O)Nc1ccc2c(c1)CC(=O)N([C@@H](C)CO)C[C@@H](C)[C@H](CN(C)C(=O)Nc1cccc3ccccc13)O2. The zero-order chi connectivity index (χ0) is 33.2. The number of aliphatic hydroxyl groups is 1. The molecule has 0 fully saturated rings. The van der Waals surface area contributed by atoms with Gasteiger partial charge in [-0.25, -0.2) is 13.2 Å². The summed E-state index contributed by atoms with van der Waals surface area (Å²) >= 11 is 0. The minimum absolute atomic E-state index is 0.0509. The third-order valence-electron chi connectivity index (χ3n) is 8.24. The maximum absolute atomic E-state index is 13.6. The maximum atomic E-state index is 13.6. The van der Waals surface area contributed by atoms with Gasteiger partial charge in [0.25, 0.3) is 10.0 Å². The minimum Gasteiger partial charge on any atom is -0.488 e. The number of benzene rings is 3. The fourth-order valence-corrected chi connectivity index (χ4v) is 7.05. The van der Waals surface area contributed by atoms with Gasteiger partial charge in [0.05, 0.1) is 31.3 Å². The highest BCUT2D eigenvalue weighted by Gasteiger charge is 2.32. The standard InChI is InChI=1S/C33H39N5O7S/c1-20-17-38(21(2)19-39)31(40)16-25-15-26(36-46(42,43)32-22(3)35-45-23(32)4)13-14-29(25)44-30(20)18-37(5)33(41)34-28-12-8-10-24-9-6-7-11-27(24)28/h6-15,20-21,30,36,39H,16-19H2,1-5H3,(H,34,41)/t20-,21+,30+/m1/s1. The van der Waals surface area contributed by atoms with E-state index in [0.717, 1.165) is 10.8 Å². The zero-order valence-electron chi connectivity index (χ0n) is 26.5. The minimum atomic E-state index is -4.03. The first-order chi connectivity index (χ1) is 21.9. The number of rotatable bonds is 8. The molecule has 0 unspecified atom stereocenters. The molecule has 3 N–H and O–H groups in total. The van der Waals surface area contributed by atoms with Gasteiger partial charge in [0.2, 0.25) is 5.91 Å². The van der Waals surface area contributed by atoms with E-state index in [1.807, 2.05) is 49.4 Å². The van der Waals surface area contributed by atoms with Gasteiger partial charge in [-0.1, -0.05) is 48.5 Å². The van der Waals surface area contributed by atoms with Crippen LogP contribution in [0.1, 0.15) is 30.9 Å². The molecule has 3 aromatic carbocycles. The molecule has 0 saturated carbocycles. The zero-order valence-corrected chi connectivity index (χ0v) is 27.3. The van der Waals surface area contributed by atoms with Gasteiger partial charge in [-0.3, -0.25) is 9.52 Å². The Bertz CT molecular complexity index is 1830. The highest BCUT2D eigenvalue weighted by Crippen LogP contribution is 2.31. The van der Waals surface area contributed by atoms with E-state index >= 15 is 0 Å². The number of carbonyl (C=O) groups is 2. The number of sulfonamides is 1. The van der Waals surface area contributed by atoms with Crippen LogP contribution in [-0.2, 0) is 21.2 Å². The molecule has 46 heavy (non-hydrogen) atoms. The van der Waals surface area contributed by atoms with Crippen molar-refractivity contribution in [2.45, 2.75) is 51.2 Å². The number of amides is 3. The lowest BCUT2D eigenvalue weighted by Crippen LogP contribution is -2.48. The monoisotopic (exact) mass is 649 g/mol. The molecule has 0 aliphatic carbocycles. The number of aromatic nitrogens is 1. The number of nitrogens with zero attached hydrogens (tertiary/aromatic N) is 3. The second kappa shape index (κ2) is 13.4. The molecule has 1 aromatic heterocycles. The van der Waals surface area contributed by atoms with Gasteiger partial charge < -0.3 is 29.5 Å². The van der Waals surface area contributed by atoms with Gasteiger partial charge >= 0.3 is 6.03 Å². The summed E-state index contributed by atoms with van der Waals surface area (Å²) in [6.45, 7) is 6.99. The summed E-state index contributed by atoms with van der Waals surface area (Å²) in [6, 6.07) is 17.4. The second-order valence-corrected chi connectivity index (χ2v) is 13.4. The fourth-order valence-electron chi connectivity index (χ4n) is 5.67. The largest absolute Gasteiger partial charge is 0.488 e. The van der Waals surface area contributed by atoms with Crippen molar-refractivity contribution < 1.29 is 32.4 Å². The highest BCUT2D eigenvalue weighted by molar-refractivity contribution is 7.92. The van der Waals surface area contributed by atoms with Crippen molar-refractivity contribution in [2.24, 2.45) is 5.92 Å². The van der Waals surface area contributed by atoms with Gasteiger partial charge in [-0.15, -0.1) is 0 Å². The lowest BCUT2D eigenvalue weighted by molar-refractivity contribution is -0.134. The Morgan fingerprint density at radius 3 is 2.61 bits per heavy atom. The number of aliphatic hydroxyl groups excluding tert-OH is 1. The van der Waals surface area contributed by atoms with E-state index in [1.165, 1.54) is 11.8 Å². The number of nitrogens with one attached hydrogen (secondary N) is 2. The van der Waals surface area contributed by atoms with E-state index in [9.17, 15) is 23.1 Å². The summed E-state index contributed by atoms with van der Waals surface area (Å²) in [4.78, 5) is 30.0. The Morgan fingerprint density at radius 2 is 1.89 bits per heavy atom. The molecule has 244 valence electrons. The molecular weight excluding hydrogens is 610 g/mol. The topological polar surface area (TPSA) is 154 Å². The molecule has 3 amide bonds. The molecule has 1 aliphatic rings. The molecule has 0 bridgehead atoms. The van der Waals surface area contributed by atoms with Crippen molar-refractivity contribution in [3.8, 4) is 5.75 Å². The summed E-state index contributed by atoms with van der Waals surface area (Å²) in [7, 11) is -2.36. The number of likely N-dealkylation sites (N-methyl/N-ethyl adjacent to an activating group) is 1. The van der Waals surface area contributed by atoms with Crippen LogP contribution in [0.15, 0.2) is 70.1 Å². The Balaban J connectivity index is 1.42. The lowest BCUT2D eigenvalue weighted by Gasteiger charge is -2.34. The van der Waals surface area contributed by atoms with Crippen LogP contribution >= 0.6 is 0 Å². The summed E-state index contributed by atoms with van der Waals surface area (Å²) in [5, 5.41) is 18.6. The smallest absolute Gasteiger partial charge is 0.321 e. The maximum Gasteiger partial charge on any atom is 0.321 e. The average molecular weight is 650 g/mol. The quantitative estimate of drug-likeness (QED) is 0.251. The lowest BCUT2D eigenvalue weighted by atomic mass is 10.0. The first-order valence-corrected chi connectivity index (χ1v) is 16.5. The van der Waals surface area contributed by atoms with Gasteiger partial charge in [0, 0.05) is 36.1 Å². The summed E-state index contributed by atoms with van der Waals surface area (Å²) in [6.07, 6.45) is -0.636. The Morgan fingerprint density at radius 1 is 1.15 bits per heavy atom. The van der Waals surface area contributed by atoms with Crippen LogP contribution in [0.25, 0.3) is 10.8 Å². The molecule has 12 nitrogen and oxygen atoms in total. The van der Waals surface area contributed by atoms with E-state index in [2.05, 4.69) is 15.2 Å². The summed E-state index contributed by atoms with van der Waals surface area (Å²) in [5.41, 5.74) is 1.60. The van der Waals surface area contributed by atoms with E-state index in [0.29, 0.717) is 17.0 Å². The van der Waals surface area contributed by atoms with Crippen LogP contribution < -0.4 is 14.8 Å². The predicted molar refractivity (Wildman–Crippen MR) is 174 cm³/mol. The molecule has 1 aliphatic heterocycles. The Labute approximate surface area is 268 Å². The molecule has 0 spiro atoms. The van der Waals surface area contributed by atoms with Crippen LogP contribution in [0.4, 0.5) is 16.2 Å². The third kappa shape index (κ3) is 6.95. The average Bonchev–Trinajstić information content (AvgIpc) is 3.39. The van der Waals surface area contributed by atoms with Crippen LogP contribution in [0.2, 0.25) is 0 Å². The fraction of sp³-hybridized carbons (Fsp3) is 0.364. The number of carbonyl (C=O) groups excluding carboxylic acids is 2. The van der Waals surface area contributed by atoms with Gasteiger partial charge in [0.15, 0.2) is 10.7 Å². The van der Waals surface area contributed by atoms with Crippen molar-refractivity contribution in [2.75, 3.05) is 36.8 Å². The van der Waals surface area contributed by atoms with Gasteiger partial charge in [-0.05, 0) is 50.4 Å². The van der Waals surface area contributed by atoms with Gasteiger partial charge in [-0.2, -0.15) is 0 Å². The third-order valence-corrected chi connectivity index (χ3v) is 9.86. The van der Waals surface area contributed by atoms with E-state index in [4.69, 9.17) is 9.26 Å². The number of aryl methyl sites for hydroxylation is 2. The molecule has 5 rings (SSSR count). The molecule has 2 heterocycles. The van der Waals surface area contributed by atoms with Crippen LogP contribution in [0.5, 0.6) is 5.75 Å². The van der Waals surface area contributed by atoms with Crippen molar-refractivity contribution in [1.82, 2.24) is 15.0 Å². The predicted octanol–water partition coefficient (Wildman–Crippen LogP) is 4.56. The van der Waals surface area contributed by atoms with E-state index in [1.54, 1.807) is 44.0 Å². The van der Waals surface area contributed by atoms with Crippen LogP contribution in [0, 0.1) is 19.8 Å². The summed E-state index contributed by atoms with van der Waals surface area (Å²) in [5.74, 6) is 0.0678. The molecular formula is C33H39N5O7S. The number of hydrogen-bond acceptors (Lipinski definition) is 8. The molecule has 3 atom stereocenters.